The summed E-state index contributed by atoms with van der Waals surface area (Å²) in [5.74, 6) is 0.424. The van der Waals surface area contributed by atoms with Crippen LogP contribution in [0.15, 0.2) is 66.9 Å². The minimum atomic E-state index is -0.623. The average Bonchev–Trinajstić information content (AvgIpc) is 2.73. The second-order valence-corrected chi connectivity index (χ2v) is 6.41. The molecule has 0 saturated heterocycles. The Morgan fingerprint density at radius 3 is 2.59 bits per heavy atom. The zero-order chi connectivity index (χ0) is 20.6. The summed E-state index contributed by atoms with van der Waals surface area (Å²) in [5.41, 5.74) is 7.74. The highest BCUT2D eigenvalue weighted by Crippen LogP contribution is 2.22. The minimum Gasteiger partial charge on any atom is -0.785 e. The highest BCUT2D eigenvalue weighted by Gasteiger charge is 2.05. The maximum absolute atomic E-state index is 12.2. The molecule has 1 heterocycles. The van der Waals surface area contributed by atoms with Gasteiger partial charge in [0, 0.05) is 18.8 Å². The summed E-state index contributed by atoms with van der Waals surface area (Å²) in [4.78, 5) is 15.1. The molecule has 0 aliphatic rings. The number of hydrogen-bond acceptors (Lipinski definition) is 6. The van der Waals surface area contributed by atoms with E-state index in [1.807, 2.05) is 18.2 Å². The Morgan fingerprint density at radius 2 is 1.86 bits per heavy atom. The first-order valence-corrected chi connectivity index (χ1v) is 8.97. The third kappa shape index (κ3) is 5.87. The smallest absolute Gasteiger partial charge is 0.267 e. The van der Waals surface area contributed by atoms with Gasteiger partial charge in [0.1, 0.15) is 17.2 Å². The maximum Gasteiger partial charge on any atom is 0.267 e. The Balaban J connectivity index is 1.57. The number of hydroxylamine groups is 2. The highest BCUT2D eigenvalue weighted by atomic mass is 16.5. The van der Waals surface area contributed by atoms with Gasteiger partial charge in [-0.05, 0) is 54.4 Å². The monoisotopic (exact) mass is 387 g/mol. The number of aromatic nitrogens is 1. The molecule has 0 saturated carbocycles. The van der Waals surface area contributed by atoms with E-state index in [2.05, 4.69) is 11.1 Å². The maximum atomic E-state index is 12.2. The first-order valence-electron chi connectivity index (χ1n) is 8.97. The number of carbonyl (C=O) groups excluding carboxylic acids is 1. The molecule has 2 aromatic carbocycles. The zero-order valence-corrected chi connectivity index (χ0v) is 15.6. The van der Waals surface area contributed by atoms with E-state index in [0.29, 0.717) is 30.0 Å². The molecule has 0 aliphatic heterocycles. The van der Waals surface area contributed by atoms with Crippen molar-refractivity contribution in [3.05, 3.63) is 94.5 Å². The molecule has 0 aliphatic carbocycles. The highest BCUT2D eigenvalue weighted by molar-refractivity contribution is 5.91. The Bertz CT molecular complexity index is 1030. The predicted octanol–water partition coefficient (Wildman–Crippen LogP) is 3.39. The van der Waals surface area contributed by atoms with Crippen molar-refractivity contribution in [1.82, 2.24) is 10.0 Å². The Kier molecular flexibility index (Phi) is 6.53. The van der Waals surface area contributed by atoms with Crippen LogP contribution in [-0.4, -0.2) is 22.5 Å². The third-order valence-electron chi connectivity index (χ3n) is 4.21. The lowest BCUT2D eigenvalue weighted by molar-refractivity contribution is 0.0995. The van der Waals surface area contributed by atoms with Crippen LogP contribution in [0.3, 0.4) is 0 Å². The van der Waals surface area contributed by atoms with Gasteiger partial charge in [-0.1, -0.05) is 24.3 Å². The number of nitrogens with zero attached hydrogens (tertiary/aromatic N) is 3. The van der Waals surface area contributed by atoms with Crippen molar-refractivity contribution in [2.45, 2.75) is 13.0 Å². The second kappa shape index (κ2) is 9.46. The summed E-state index contributed by atoms with van der Waals surface area (Å²) in [7, 11) is 0. The van der Waals surface area contributed by atoms with Crippen molar-refractivity contribution in [1.29, 1.82) is 5.26 Å². The van der Waals surface area contributed by atoms with Gasteiger partial charge < -0.3 is 20.7 Å². The van der Waals surface area contributed by atoms with Gasteiger partial charge in [-0.25, -0.2) is 0 Å². The number of nitriles is 1. The van der Waals surface area contributed by atoms with E-state index in [-0.39, 0.29) is 12.2 Å². The summed E-state index contributed by atoms with van der Waals surface area (Å²) in [6, 6.07) is 19.5. The van der Waals surface area contributed by atoms with Crippen LogP contribution in [0.2, 0.25) is 0 Å². The van der Waals surface area contributed by atoms with Crippen LogP contribution in [0.1, 0.15) is 27.2 Å². The SMILES string of the molecule is N#Cc1ccc(CN([O-])CCc2cccc(Oc3ccnc(C(N)=O)c3)c2)cc1. The standard InChI is InChI=1S/C22H19N4O3/c23-14-17-4-6-18(7-5-17)15-26(28)11-9-16-2-1-3-19(12-16)29-20-8-10-25-21(13-20)22(24)27/h1-8,10,12-13H,9,11,15H2,(H2,24,27)/q-1. The summed E-state index contributed by atoms with van der Waals surface area (Å²) in [5, 5.41) is 22.0. The molecule has 1 aromatic heterocycles. The zero-order valence-electron chi connectivity index (χ0n) is 15.6. The van der Waals surface area contributed by atoms with Crippen molar-refractivity contribution in [3.8, 4) is 17.6 Å². The normalized spacial score (nSPS) is 10.5. The van der Waals surface area contributed by atoms with Gasteiger partial charge in [0.25, 0.3) is 5.91 Å². The fraction of sp³-hybridized carbons (Fsp3) is 0.136. The Morgan fingerprint density at radius 1 is 1.10 bits per heavy atom. The van der Waals surface area contributed by atoms with Crippen LogP contribution in [-0.2, 0) is 13.0 Å². The number of nitrogens with two attached hydrogens (primary N) is 1. The molecule has 0 atom stereocenters. The van der Waals surface area contributed by atoms with Crippen molar-refractivity contribution < 1.29 is 9.53 Å². The quantitative estimate of drug-likeness (QED) is 0.592. The largest absolute Gasteiger partial charge is 0.785 e. The molecule has 0 spiro atoms. The lowest BCUT2D eigenvalue weighted by atomic mass is 10.1. The molecular weight excluding hydrogens is 368 g/mol. The van der Waals surface area contributed by atoms with Crippen LogP contribution >= 0.6 is 0 Å². The van der Waals surface area contributed by atoms with Crippen molar-refractivity contribution in [3.63, 3.8) is 0 Å². The molecule has 0 fully saturated rings. The van der Waals surface area contributed by atoms with Gasteiger partial charge in [0.05, 0.1) is 11.6 Å². The summed E-state index contributed by atoms with van der Waals surface area (Å²) in [6.07, 6.45) is 2.01. The van der Waals surface area contributed by atoms with E-state index in [0.717, 1.165) is 16.2 Å². The molecule has 2 N–H and O–H groups in total. The van der Waals surface area contributed by atoms with Gasteiger partial charge in [-0.15, -0.1) is 0 Å². The molecular formula is C22H19N4O3-. The first-order chi connectivity index (χ1) is 14.0. The van der Waals surface area contributed by atoms with Crippen molar-refractivity contribution in [2.24, 2.45) is 5.73 Å². The van der Waals surface area contributed by atoms with E-state index in [1.54, 1.807) is 36.4 Å². The van der Waals surface area contributed by atoms with Gasteiger partial charge in [0.15, 0.2) is 0 Å². The molecule has 3 rings (SSSR count). The Labute approximate surface area is 168 Å². The third-order valence-corrected chi connectivity index (χ3v) is 4.21. The van der Waals surface area contributed by atoms with Crippen LogP contribution in [0, 0.1) is 16.5 Å². The van der Waals surface area contributed by atoms with Gasteiger partial charge >= 0.3 is 0 Å². The topological polar surface area (TPSA) is 115 Å². The first kappa shape index (κ1) is 20.0. The number of hydrogen-bond donors (Lipinski definition) is 1. The van der Waals surface area contributed by atoms with Crippen molar-refractivity contribution in [2.75, 3.05) is 6.54 Å². The Hall–Kier alpha value is -3.73. The molecule has 146 valence electrons. The molecule has 7 nitrogen and oxygen atoms in total. The number of carbonyl (C=O) groups is 1. The number of pyridine rings is 1. The van der Waals surface area contributed by atoms with E-state index in [4.69, 9.17) is 15.7 Å². The van der Waals surface area contributed by atoms with Crippen molar-refractivity contribution >= 4 is 5.91 Å². The predicted molar refractivity (Wildman–Crippen MR) is 108 cm³/mol. The number of ether oxygens (including phenoxy) is 1. The lowest BCUT2D eigenvalue weighted by Gasteiger charge is -2.28. The fourth-order valence-corrected chi connectivity index (χ4v) is 2.73. The number of amides is 1. The molecule has 0 bridgehead atoms. The molecule has 7 heteroatoms. The summed E-state index contributed by atoms with van der Waals surface area (Å²) in [6.45, 7) is 0.583. The van der Waals surface area contributed by atoms with Crippen LogP contribution in [0.4, 0.5) is 0 Å². The summed E-state index contributed by atoms with van der Waals surface area (Å²) >= 11 is 0. The fourth-order valence-electron chi connectivity index (χ4n) is 2.73. The van der Waals surface area contributed by atoms with E-state index in [9.17, 15) is 10.0 Å². The molecule has 29 heavy (non-hydrogen) atoms. The van der Waals surface area contributed by atoms with Crippen LogP contribution < -0.4 is 10.5 Å². The number of primary amides is 1. The van der Waals surface area contributed by atoms with Gasteiger partial charge in [-0.2, -0.15) is 5.26 Å². The minimum absolute atomic E-state index is 0.128. The molecule has 0 unspecified atom stereocenters. The average molecular weight is 387 g/mol. The van der Waals surface area contributed by atoms with E-state index >= 15 is 0 Å². The van der Waals surface area contributed by atoms with Crippen LogP contribution in [0.5, 0.6) is 11.5 Å². The second-order valence-electron chi connectivity index (χ2n) is 6.41. The van der Waals surface area contributed by atoms with Gasteiger partial charge in [-0.3, -0.25) is 9.78 Å². The number of benzene rings is 2. The lowest BCUT2D eigenvalue weighted by Crippen LogP contribution is -2.18. The van der Waals surface area contributed by atoms with Gasteiger partial charge in [0.2, 0.25) is 0 Å². The molecule has 0 radical (unpaired) electrons. The van der Waals surface area contributed by atoms with E-state index in [1.165, 1.54) is 12.3 Å². The summed E-state index contributed by atoms with van der Waals surface area (Å²) < 4.78 is 5.77. The van der Waals surface area contributed by atoms with Crippen LogP contribution in [0.25, 0.3) is 0 Å². The molecule has 1 amide bonds. The number of rotatable bonds is 8. The molecule has 3 aromatic rings. The van der Waals surface area contributed by atoms with E-state index < -0.39 is 5.91 Å².